The van der Waals surface area contributed by atoms with E-state index in [-0.39, 0.29) is 23.3 Å². The van der Waals surface area contributed by atoms with E-state index in [1.165, 1.54) is 37.7 Å². The first-order chi connectivity index (χ1) is 17.2. The number of anilines is 3. The standard InChI is InChI=1S/C23H26FN7O4S/c1-12(2)25-20(32)14-9-13(24)5-6-15(14)26-21(33)30-23-27-16-7-8-31(11-17(16)36-23)18-10-19(34-3)29-22(28-18)35-4/h5-6,9-10,12H,7-8,11H2,1-4H3,(H,25,32)(H2,26,27,30,33). The Morgan fingerprint density at radius 2 is 1.92 bits per heavy atom. The molecule has 1 aliphatic heterocycles. The van der Waals surface area contributed by atoms with Crippen molar-refractivity contribution in [2.75, 3.05) is 36.3 Å². The molecule has 1 aliphatic rings. The molecule has 3 amide bonds. The Hall–Kier alpha value is -4.00. The molecule has 0 saturated carbocycles. The normalized spacial score (nSPS) is 12.7. The van der Waals surface area contributed by atoms with Crippen molar-refractivity contribution in [1.82, 2.24) is 20.3 Å². The van der Waals surface area contributed by atoms with E-state index < -0.39 is 17.8 Å². The van der Waals surface area contributed by atoms with Gasteiger partial charge in [0.2, 0.25) is 5.88 Å². The lowest BCUT2D eigenvalue weighted by atomic mass is 10.1. The number of amides is 3. The van der Waals surface area contributed by atoms with Gasteiger partial charge in [0.05, 0.1) is 37.7 Å². The van der Waals surface area contributed by atoms with Gasteiger partial charge in [-0.2, -0.15) is 9.97 Å². The SMILES string of the molecule is COc1cc(N2CCc3nc(NC(=O)Nc4ccc(F)cc4C(=O)NC(C)C)sc3C2)nc(OC)n1. The number of urea groups is 1. The summed E-state index contributed by atoms with van der Waals surface area (Å²) < 4.78 is 24.2. The number of fused-ring (bicyclic) bond motifs is 1. The molecule has 1 aromatic carbocycles. The maximum atomic E-state index is 13.8. The second-order valence-electron chi connectivity index (χ2n) is 8.21. The molecule has 11 nitrogen and oxygen atoms in total. The number of hydrogen-bond donors (Lipinski definition) is 3. The smallest absolute Gasteiger partial charge is 0.325 e. The maximum absolute atomic E-state index is 13.8. The molecule has 0 aliphatic carbocycles. The fraction of sp³-hybridized carbons (Fsp3) is 0.348. The quantitative estimate of drug-likeness (QED) is 0.436. The van der Waals surface area contributed by atoms with Gasteiger partial charge in [-0.25, -0.2) is 14.2 Å². The van der Waals surface area contributed by atoms with Crippen molar-refractivity contribution in [3.8, 4) is 11.9 Å². The number of nitrogens with zero attached hydrogens (tertiary/aromatic N) is 4. The molecule has 3 N–H and O–H groups in total. The minimum atomic E-state index is -0.589. The van der Waals surface area contributed by atoms with Crippen molar-refractivity contribution < 1.29 is 23.5 Å². The monoisotopic (exact) mass is 515 g/mol. The van der Waals surface area contributed by atoms with E-state index in [1.807, 2.05) is 0 Å². The predicted molar refractivity (Wildman–Crippen MR) is 134 cm³/mol. The average molecular weight is 516 g/mol. The van der Waals surface area contributed by atoms with Crippen LogP contribution in [0, 0.1) is 5.82 Å². The Morgan fingerprint density at radius 1 is 1.11 bits per heavy atom. The Balaban J connectivity index is 1.45. The van der Waals surface area contributed by atoms with Crippen LogP contribution in [0.1, 0.15) is 34.8 Å². The summed E-state index contributed by atoms with van der Waals surface area (Å²) in [5.41, 5.74) is 1.10. The minimum Gasteiger partial charge on any atom is -0.481 e. The van der Waals surface area contributed by atoms with Gasteiger partial charge in [-0.15, -0.1) is 0 Å². The summed E-state index contributed by atoms with van der Waals surface area (Å²) in [6.07, 6.45) is 0.654. The number of aromatic nitrogens is 3. The van der Waals surface area contributed by atoms with Crippen LogP contribution in [0.15, 0.2) is 24.3 Å². The van der Waals surface area contributed by atoms with Gasteiger partial charge in [0, 0.05) is 30.0 Å². The Kier molecular flexibility index (Phi) is 7.48. The van der Waals surface area contributed by atoms with Crippen molar-refractivity contribution in [3.63, 3.8) is 0 Å². The third-order valence-corrected chi connectivity index (χ3v) is 6.23. The maximum Gasteiger partial charge on any atom is 0.325 e. The topological polar surface area (TPSA) is 131 Å². The van der Waals surface area contributed by atoms with Gasteiger partial charge in [-0.3, -0.25) is 10.1 Å². The van der Waals surface area contributed by atoms with Gasteiger partial charge < -0.3 is 25.0 Å². The molecule has 0 radical (unpaired) electrons. The first-order valence-corrected chi connectivity index (χ1v) is 12.0. The summed E-state index contributed by atoms with van der Waals surface area (Å²) in [5.74, 6) is -0.00439. The van der Waals surface area contributed by atoms with Crippen molar-refractivity contribution in [2.24, 2.45) is 0 Å². The van der Waals surface area contributed by atoms with E-state index >= 15 is 0 Å². The molecule has 0 fully saturated rings. The van der Waals surface area contributed by atoms with Crippen LogP contribution in [0.4, 0.5) is 25.8 Å². The number of rotatable bonds is 7. The van der Waals surface area contributed by atoms with Crippen LogP contribution in [0.2, 0.25) is 0 Å². The van der Waals surface area contributed by atoms with E-state index in [4.69, 9.17) is 9.47 Å². The molecular formula is C23H26FN7O4S. The fourth-order valence-electron chi connectivity index (χ4n) is 3.60. The highest BCUT2D eigenvalue weighted by Gasteiger charge is 2.24. The molecule has 0 atom stereocenters. The zero-order valence-corrected chi connectivity index (χ0v) is 21.0. The number of ether oxygens (including phenoxy) is 2. The summed E-state index contributed by atoms with van der Waals surface area (Å²) in [5, 5.41) is 8.43. The largest absolute Gasteiger partial charge is 0.481 e. The van der Waals surface area contributed by atoms with Crippen LogP contribution in [0.3, 0.4) is 0 Å². The van der Waals surface area contributed by atoms with Gasteiger partial charge in [-0.1, -0.05) is 11.3 Å². The zero-order valence-electron chi connectivity index (χ0n) is 20.2. The highest BCUT2D eigenvalue weighted by Crippen LogP contribution is 2.32. The van der Waals surface area contributed by atoms with Crippen LogP contribution in [-0.2, 0) is 13.0 Å². The number of benzene rings is 1. The molecule has 2 aromatic heterocycles. The summed E-state index contributed by atoms with van der Waals surface area (Å²) in [6, 6.07) is 4.81. The molecule has 0 bridgehead atoms. The number of carbonyl (C=O) groups excluding carboxylic acids is 2. The average Bonchev–Trinajstić information content (AvgIpc) is 3.25. The highest BCUT2D eigenvalue weighted by atomic mass is 32.1. The summed E-state index contributed by atoms with van der Waals surface area (Å²) in [7, 11) is 3.02. The molecule has 0 saturated heterocycles. The van der Waals surface area contributed by atoms with Crippen LogP contribution >= 0.6 is 11.3 Å². The van der Waals surface area contributed by atoms with E-state index in [1.54, 1.807) is 19.9 Å². The van der Waals surface area contributed by atoms with Crippen LogP contribution < -0.4 is 30.3 Å². The summed E-state index contributed by atoms with van der Waals surface area (Å²) >= 11 is 1.34. The van der Waals surface area contributed by atoms with Gasteiger partial charge in [0.15, 0.2) is 5.13 Å². The van der Waals surface area contributed by atoms with E-state index in [0.29, 0.717) is 36.3 Å². The lowest BCUT2D eigenvalue weighted by Gasteiger charge is -2.27. The molecule has 36 heavy (non-hydrogen) atoms. The van der Waals surface area contributed by atoms with Gasteiger partial charge in [0.1, 0.15) is 11.6 Å². The Bertz CT molecular complexity index is 1260. The number of carbonyl (C=O) groups is 2. The van der Waals surface area contributed by atoms with Gasteiger partial charge in [0.25, 0.3) is 5.91 Å². The van der Waals surface area contributed by atoms with Crippen LogP contribution in [0.5, 0.6) is 11.9 Å². The molecule has 3 heterocycles. The molecule has 190 valence electrons. The molecule has 3 aromatic rings. The Morgan fingerprint density at radius 3 is 2.64 bits per heavy atom. The lowest BCUT2D eigenvalue weighted by molar-refractivity contribution is 0.0943. The number of hydrogen-bond acceptors (Lipinski definition) is 9. The fourth-order valence-corrected chi connectivity index (χ4v) is 4.62. The molecule has 13 heteroatoms. The van der Waals surface area contributed by atoms with E-state index in [9.17, 15) is 14.0 Å². The van der Waals surface area contributed by atoms with Crippen LogP contribution in [0.25, 0.3) is 0 Å². The van der Waals surface area contributed by atoms with Gasteiger partial charge >= 0.3 is 12.0 Å². The molecule has 0 unspecified atom stereocenters. The second-order valence-corrected chi connectivity index (χ2v) is 9.30. The van der Waals surface area contributed by atoms with Crippen molar-refractivity contribution >= 4 is 39.9 Å². The van der Waals surface area contributed by atoms with E-state index in [2.05, 4.69) is 35.8 Å². The zero-order chi connectivity index (χ0) is 25.8. The van der Waals surface area contributed by atoms with E-state index in [0.717, 1.165) is 16.6 Å². The molecular weight excluding hydrogens is 489 g/mol. The number of thiazole rings is 1. The highest BCUT2D eigenvalue weighted by molar-refractivity contribution is 7.15. The summed E-state index contributed by atoms with van der Waals surface area (Å²) in [6.45, 7) is 4.78. The van der Waals surface area contributed by atoms with Crippen LogP contribution in [-0.4, -0.2) is 53.7 Å². The number of methoxy groups -OCH3 is 2. The van der Waals surface area contributed by atoms with Crippen molar-refractivity contribution in [2.45, 2.75) is 32.9 Å². The lowest BCUT2D eigenvalue weighted by Crippen LogP contribution is -2.31. The summed E-state index contributed by atoms with van der Waals surface area (Å²) in [4.78, 5) is 41.2. The third-order valence-electron chi connectivity index (χ3n) is 5.23. The second kappa shape index (κ2) is 10.7. The number of halogens is 1. The minimum absolute atomic E-state index is 0.0311. The molecule has 4 rings (SSSR count). The Labute approximate surface area is 211 Å². The van der Waals surface area contributed by atoms with Crippen molar-refractivity contribution in [1.29, 1.82) is 0 Å². The first-order valence-electron chi connectivity index (χ1n) is 11.1. The predicted octanol–water partition coefficient (Wildman–Crippen LogP) is 3.43. The van der Waals surface area contributed by atoms with Crippen molar-refractivity contribution in [3.05, 3.63) is 46.2 Å². The first kappa shape index (κ1) is 25.1. The van der Waals surface area contributed by atoms with Gasteiger partial charge in [-0.05, 0) is 32.0 Å². The molecule has 0 spiro atoms. The third kappa shape index (κ3) is 5.79. The number of nitrogens with one attached hydrogen (secondary N) is 3.